The van der Waals surface area contributed by atoms with Crippen LogP contribution in [-0.4, -0.2) is 42.7 Å². The topological polar surface area (TPSA) is 146 Å². The van der Waals surface area contributed by atoms with E-state index >= 15 is 0 Å². The van der Waals surface area contributed by atoms with Crippen molar-refractivity contribution >= 4 is 24.9 Å². The molecule has 2 heterocycles. The van der Waals surface area contributed by atoms with Gasteiger partial charge in [-0.15, -0.1) is 0 Å². The Kier molecular flexibility index (Phi) is 5.26. The molecule has 0 radical (unpaired) electrons. The molecule has 29 heavy (non-hydrogen) atoms. The fraction of sp³-hybridized carbons (Fsp3) is 0.389. The molecule has 2 aromatic heterocycles. The lowest BCUT2D eigenvalue weighted by molar-refractivity contribution is -0.00487. The second-order valence-corrected chi connectivity index (χ2v) is 8.54. The summed E-state index contributed by atoms with van der Waals surface area (Å²) in [7, 11) is -4.26. The van der Waals surface area contributed by atoms with Crippen molar-refractivity contribution in [3.8, 4) is 5.75 Å². The van der Waals surface area contributed by atoms with Gasteiger partial charge in [0.1, 0.15) is 11.3 Å². The average Bonchev–Trinajstić information content (AvgIpc) is 3.05. The lowest BCUT2D eigenvalue weighted by Crippen LogP contribution is -2.42. The monoisotopic (exact) mass is 419 g/mol. The molecule has 1 saturated carbocycles. The number of aromatic nitrogens is 4. The number of imidazole rings is 1. The number of rotatable bonds is 7. The van der Waals surface area contributed by atoms with Crippen LogP contribution in [-0.2, 0) is 9.09 Å². The number of anilines is 1. The second-order valence-electron chi connectivity index (χ2n) is 7.17. The highest BCUT2D eigenvalue weighted by Crippen LogP contribution is 2.49. The number of nitrogens with zero attached hydrogens (tertiary/aromatic N) is 4. The largest absolute Gasteiger partial charge is 0.527 e. The fourth-order valence-electron chi connectivity index (χ4n) is 3.59. The number of hydrogen-bond acceptors (Lipinski definition) is 8. The van der Waals surface area contributed by atoms with Gasteiger partial charge in [-0.3, -0.25) is 9.42 Å². The molecular weight excluding hydrogens is 397 g/mol. The van der Waals surface area contributed by atoms with E-state index in [1.165, 1.54) is 0 Å². The van der Waals surface area contributed by atoms with Crippen molar-refractivity contribution in [1.29, 1.82) is 0 Å². The van der Waals surface area contributed by atoms with E-state index in [-0.39, 0.29) is 42.8 Å². The average molecular weight is 419 g/mol. The second kappa shape index (κ2) is 7.72. The molecule has 11 heteroatoms. The van der Waals surface area contributed by atoms with Crippen LogP contribution in [0, 0.1) is 18.8 Å². The van der Waals surface area contributed by atoms with Crippen LogP contribution in [0.1, 0.15) is 18.0 Å². The third-order valence-corrected chi connectivity index (χ3v) is 6.16. The molecule has 4 rings (SSSR count). The SMILES string of the molecule is Cc1ccc(OP(=O)(O)OC[C@H]2C[C@@H](n3cnc4cnc(N)nc43)[C@H]2CO)cc1. The summed E-state index contributed by atoms with van der Waals surface area (Å²) >= 11 is 0. The van der Waals surface area contributed by atoms with Crippen LogP contribution in [0.25, 0.3) is 11.2 Å². The normalized spacial score (nSPS) is 23.5. The van der Waals surface area contributed by atoms with E-state index in [1.54, 1.807) is 36.8 Å². The van der Waals surface area contributed by atoms with E-state index in [1.807, 2.05) is 11.5 Å². The molecule has 1 aromatic carbocycles. The number of nitrogens with two attached hydrogens (primary N) is 1. The minimum atomic E-state index is -4.26. The Morgan fingerprint density at radius 2 is 2.07 bits per heavy atom. The maximum atomic E-state index is 12.2. The Morgan fingerprint density at radius 1 is 1.31 bits per heavy atom. The Hall–Kier alpha value is -2.52. The van der Waals surface area contributed by atoms with E-state index in [0.29, 0.717) is 17.6 Å². The predicted molar refractivity (Wildman–Crippen MR) is 105 cm³/mol. The van der Waals surface area contributed by atoms with Gasteiger partial charge < -0.3 is 19.9 Å². The third-order valence-electron chi connectivity index (χ3n) is 5.24. The molecule has 1 unspecified atom stereocenters. The summed E-state index contributed by atoms with van der Waals surface area (Å²) in [5, 5.41) is 9.83. The minimum absolute atomic E-state index is 0.00881. The first kappa shape index (κ1) is 19.8. The molecule has 1 fully saturated rings. The van der Waals surface area contributed by atoms with E-state index in [9.17, 15) is 14.6 Å². The van der Waals surface area contributed by atoms with Gasteiger partial charge in [0.05, 0.1) is 19.1 Å². The van der Waals surface area contributed by atoms with Gasteiger partial charge in [0.25, 0.3) is 0 Å². The Balaban J connectivity index is 1.40. The number of phosphoric ester groups is 1. The molecular formula is C18H22N5O5P. The zero-order valence-corrected chi connectivity index (χ0v) is 16.6. The van der Waals surface area contributed by atoms with E-state index in [0.717, 1.165) is 5.56 Å². The van der Waals surface area contributed by atoms with Crippen LogP contribution >= 0.6 is 7.82 Å². The van der Waals surface area contributed by atoms with E-state index in [2.05, 4.69) is 15.0 Å². The summed E-state index contributed by atoms with van der Waals surface area (Å²) in [4.78, 5) is 22.4. The fourth-order valence-corrected chi connectivity index (χ4v) is 4.41. The Morgan fingerprint density at radius 3 is 2.79 bits per heavy atom. The van der Waals surface area contributed by atoms with E-state index < -0.39 is 7.82 Å². The number of nitrogen functional groups attached to an aromatic ring is 1. The molecule has 4 atom stereocenters. The van der Waals surface area contributed by atoms with Crippen LogP contribution in [0.5, 0.6) is 5.75 Å². The predicted octanol–water partition coefficient (Wildman–Crippen LogP) is 2.08. The maximum Gasteiger partial charge on any atom is 0.527 e. The van der Waals surface area contributed by atoms with Crippen molar-refractivity contribution in [2.45, 2.75) is 19.4 Å². The van der Waals surface area contributed by atoms with Crippen molar-refractivity contribution in [3.63, 3.8) is 0 Å². The van der Waals surface area contributed by atoms with Gasteiger partial charge in [0.15, 0.2) is 5.65 Å². The molecule has 0 saturated heterocycles. The summed E-state index contributed by atoms with van der Waals surface area (Å²) in [5.74, 6) is 0.119. The number of aryl methyl sites for hydroxylation is 1. The summed E-state index contributed by atoms with van der Waals surface area (Å²) in [6.45, 7) is 1.79. The number of fused-ring (bicyclic) bond motifs is 1. The number of phosphoric acid groups is 1. The lowest BCUT2D eigenvalue weighted by Gasteiger charge is -2.44. The molecule has 154 valence electrons. The molecule has 0 aliphatic heterocycles. The molecule has 3 aromatic rings. The zero-order chi connectivity index (χ0) is 20.6. The quantitative estimate of drug-likeness (QED) is 0.490. The van der Waals surface area contributed by atoms with Gasteiger partial charge in [0, 0.05) is 18.6 Å². The van der Waals surface area contributed by atoms with Gasteiger partial charge in [-0.1, -0.05) is 17.7 Å². The van der Waals surface area contributed by atoms with E-state index in [4.69, 9.17) is 14.8 Å². The van der Waals surface area contributed by atoms with Crippen LogP contribution < -0.4 is 10.3 Å². The molecule has 1 aliphatic carbocycles. The molecule has 0 spiro atoms. The highest BCUT2D eigenvalue weighted by Gasteiger charge is 2.43. The van der Waals surface area contributed by atoms with Gasteiger partial charge in [-0.25, -0.2) is 14.5 Å². The van der Waals surface area contributed by atoms with Crippen molar-refractivity contribution in [2.75, 3.05) is 18.9 Å². The van der Waals surface area contributed by atoms with Crippen molar-refractivity contribution in [2.24, 2.45) is 11.8 Å². The molecule has 10 nitrogen and oxygen atoms in total. The first-order valence-corrected chi connectivity index (χ1v) is 10.7. The Bertz CT molecular complexity index is 1060. The summed E-state index contributed by atoms with van der Waals surface area (Å²) in [6, 6.07) is 6.70. The zero-order valence-electron chi connectivity index (χ0n) is 15.8. The van der Waals surface area contributed by atoms with Gasteiger partial charge >= 0.3 is 7.82 Å². The smallest absolute Gasteiger partial charge is 0.404 e. The van der Waals surface area contributed by atoms with Crippen LogP contribution in [0.4, 0.5) is 5.95 Å². The summed E-state index contributed by atoms with van der Waals surface area (Å²) in [6.07, 6.45) is 3.82. The highest BCUT2D eigenvalue weighted by molar-refractivity contribution is 7.47. The number of benzene rings is 1. The van der Waals surface area contributed by atoms with Crippen molar-refractivity contribution < 1.29 is 23.6 Å². The van der Waals surface area contributed by atoms with Gasteiger partial charge in [0.2, 0.25) is 5.95 Å². The molecule has 4 N–H and O–H groups in total. The standard InChI is InChI=1S/C18H22N5O5P/c1-11-2-4-13(5-3-11)28-29(25,26)27-9-12-6-16(14(12)8-24)23-10-21-15-7-20-18(19)22-17(15)23/h2-5,7,10,12,14,16,24H,6,8-9H2,1H3,(H,25,26)(H2,19,20,22)/t12-,14+,16-/m1/s1. The van der Waals surface area contributed by atoms with Gasteiger partial charge in [-0.2, -0.15) is 4.98 Å². The summed E-state index contributed by atoms with van der Waals surface area (Å²) < 4.78 is 24.4. The lowest BCUT2D eigenvalue weighted by atomic mass is 9.70. The number of hydrogen-bond donors (Lipinski definition) is 3. The molecule has 1 aliphatic rings. The number of aliphatic hydroxyl groups is 1. The van der Waals surface area contributed by atoms with Crippen molar-refractivity contribution in [1.82, 2.24) is 19.5 Å². The highest BCUT2D eigenvalue weighted by atomic mass is 31.2. The Labute approximate surface area is 167 Å². The van der Waals surface area contributed by atoms with Crippen molar-refractivity contribution in [3.05, 3.63) is 42.4 Å². The molecule has 0 amide bonds. The first-order chi connectivity index (χ1) is 13.9. The van der Waals surface area contributed by atoms with Crippen LogP contribution in [0.3, 0.4) is 0 Å². The third kappa shape index (κ3) is 4.11. The molecule has 0 bridgehead atoms. The summed E-state index contributed by atoms with van der Waals surface area (Å²) in [5.41, 5.74) is 7.88. The first-order valence-electron chi connectivity index (χ1n) is 9.16. The minimum Gasteiger partial charge on any atom is -0.404 e. The maximum absolute atomic E-state index is 12.2. The van der Waals surface area contributed by atoms with Gasteiger partial charge in [-0.05, 0) is 31.4 Å². The van der Waals surface area contributed by atoms with Crippen LogP contribution in [0.2, 0.25) is 0 Å². The van der Waals surface area contributed by atoms with Crippen LogP contribution in [0.15, 0.2) is 36.8 Å². The number of aliphatic hydroxyl groups excluding tert-OH is 1.